The first kappa shape index (κ1) is 17.0. The lowest BCUT2D eigenvalue weighted by atomic mass is 10.0. The van der Waals surface area contributed by atoms with E-state index < -0.39 is 0 Å². The molecule has 26 heavy (non-hydrogen) atoms. The van der Waals surface area contributed by atoms with Crippen LogP contribution in [0.2, 0.25) is 5.02 Å². The van der Waals surface area contributed by atoms with E-state index in [0.717, 1.165) is 21.7 Å². The van der Waals surface area contributed by atoms with Crippen molar-refractivity contribution in [2.75, 3.05) is 0 Å². The Kier molecular flexibility index (Phi) is 4.62. The Morgan fingerprint density at radius 1 is 1.12 bits per heavy atom. The molecule has 130 valence electrons. The summed E-state index contributed by atoms with van der Waals surface area (Å²) in [4.78, 5) is 14.2. The van der Waals surface area contributed by atoms with Crippen molar-refractivity contribution in [2.45, 2.75) is 19.4 Å². The van der Waals surface area contributed by atoms with Crippen LogP contribution in [-0.2, 0) is 0 Å². The fraction of sp³-hybridized carbons (Fsp3) is 0.143. The van der Waals surface area contributed by atoms with Crippen LogP contribution in [0.4, 0.5) is 0 Å². The van der Waals surface area contributed by atoms with Gasteiger partial charge in [0.15, 0.2) is 0 Å². The predicted octanol–water partition coefficient (Wildman–Crippen LogP) is 5.70. The van der Waals surface area contributed by atoms with Gasteiger partial charge >= 0.3 is 0 Å². The van der Waals surface area contributed by atoms with Crippen LogP contribution in [0.1, 0.15) is 38.8 Å². The zero-order chi connectivity index (χ0) is 18.1. The summed E-state index contributed by atoms with van der Waals surface area (Å²) in [5.41, 5.74) is 3.75. The second-order valence-corrected chi connectivity index (χ2v) is 7.70. The molecule has 3 nitrogen and oxygen atoms in total. The first-order chi connectivity index (χ1) is 12.6. The van der Waals surface area contributed by atoms with Crippen LogP contribution in [0.15, 0.2) is 71.1 Å². The minimum atomic E-state index is -0.127. The van der Waals surface area contributed by atoms with E-state index in [-0.39, 0.29) is 11.9 Å². The zero-order valence-electron chi connectivity index (χ0n) is 14.2. The van der Waals surface area contributed by atoms with E-state index in [1.54, 1.807) is 16.3 Å². The molecule has 0 aliphatic carbocycles. The molecule has 0 spiro atoms. The maximum atomic E-state index is 13.1. The quantitative estimate of drug-likeness (QED) is 0.573. The molecule has 0 radical (unpaired) electrons. The summed E-state index contributed by atoms with van der Waals surface area (Å²) >= 11 is 7.67. The molecule has 2 heterocycles. The topological polar surface area (TPSA) is 32.7 Å². The molecular formula is C21H17ClN2OS. The van der Waals surface area contributed by atoms with Gasteiger partial charge in [0.1, 0.15) is 0 Å². The Morgan fingerprint density at radius 2 is 1.85 bits per heavy atom. The largest absolute Gasteiger partial charge is 0.274 e. The first-order valence-electron chi connectivity index (χ1n) is 8.39. The minimum Gasteiger partial charge on any atom is -0.267 e. The third-order valence-corrected chi connectivity index (χ3v) is 5.65. The molecule has 1 aromatic heterocycles. The predicted molar refractivity (Wildman–Crippen MR) is 107 cm³/mol. The molecule has 1 aliphatic rings. The monoisotopic (exact) mass is 380 g/mol. The second-order valence-electron chi connectivity index (χ2n) is 6.31. The second kappa shape index (κ2) is 7.06. The molecule has 0 fully saturated rings. The van der Waals surface area contributed by atoms with E-state index in [4.69, 9.17) is 11.6 Å². The molecule has 0 saturated heterocycles. The summed E-state index contributed by atoms with van der Waals surface area (Å²) in [6.45, 7) is 2.01. The number of halogens is 1. The number of benzene rings is 2. The van der Waals surface area contributed by atoms with E-state index in [1.807, 2.05) is 73.0 Å². The highest BCUT2D eigenvalue weighted by molar-refractivity contribution is 7.12. The summed E-state index contributed by atoms with van der Waals surface area (Å²) in [5, 5.41) is 9.01. The number of thiophene rings is 1. The van der Waals surface area contributed by atoms with Gasteiger partial charge in [-0.15, -0.1) is 11.3 Å². The molecule has 5 heteroatoms. The van der Waals surface area contributed by atoms with Crippen LogP contribution < -0.4 is 0 Å². The number of amides is 1. The molecule has 1 aliphatic heterocycles. The molecule has 4 rings (SSSR count). The number of hydrazone groups is 1. The molecular weight excluding hydrogens is 364 g/mol. The van der Waals surface area contributed by atoms with E-state index >= 15 is 0 Å². The average molecular weight is 381 g/mol. The van der Waals surface area contributed by atoms with Gasteiger partial charge in [0.05, 0.1) is 16.6 Å². The number of carbonyl (C=O) groups is 1. The number of rotatable bonds is 3. The first-order valence-corrected chi connectivity index (χ1v) is 9.64. The van der Waals surface area contributed by atoms with Crippen LogP contribution in [0, 0.1) is 6.92 Å². The summed E-state index contributed by atoms with van der Waals surface area (Å²) in [5.74, 6) is -0.0866. The fourth-order valence-corrected chi connectivity index (χ4v) is 3.91. The summed E-state index contributed by atoms with van der Waals surface area (Å²) < 4.78 is 0. The molecule has 0 saturated carbocycles. The lowest BCUT2D eigenvalue weighted by Gasteiger charge is -2.22. The fourth-order valence-electron chi connectivity index (χ4n) is 3.06. The Bertz CT molecular complexity index is 947. The highest BCUT2D eigenvalue weighted by atomic mass is 35.5. The number of carbonyl (C=O) groups excluding carboxylic acids is 1. The van der Waals surface area contributed by atoms with Gasteiger partial charge in [-0.25, -0.2) is 5.01 Å². The Morgan fingerprint density at radius 3 is 2.50 bits per heavy atom. The van der Waals surface area contributed by atoms with Crippen LogP contribution in [-0.4, -0.2) is 16.6 Å². The van der Waals surface area contributed by atoms with Gasteiger partial charge in [0.2, 0.25) is 0 Å². The van der Waals surface area contributed by atoms with Gasteiger partial charge < -0.3 is 0 Å². The lowest BCUT2D eigenvalue weighted by Crippen LogP contribution is -2.27. The van der Waals surface area contributed by atoms with Crippen molar-refractivity contribution in [1.29, 1.82) is 0 Å². The van der Waals surface area contributed by atoms with Gasteiger partial charge in [0.25, 0.3) is 5.91 Å². The van der Waals surface area contributed by atoms with E-state index in [9.17, 15) is 4.79 Å². The Hall–Kier alpha value is -2.43. The van der Waals surface area contributed by atoms with E-state index in [1.165, 1.54) is 0 Å². The third kappa shape index (κ3) is 3.30. The molecule has 0 N–H and O–H groups in total. The third-order valence-electron chi connectivity index (χ3n) is 4.48. The normalized spacial score (nSPS) is 16.6. The molecule has 1 atom stereocenters. The lowest BCUT2D eigenvalue weighted by molar-refractivity contribution is 0.0711. The highest BCUT2D eigenvalue weighted by Gasteiger charge is 2.33. The molecule has 1 unspecified atom stereocenters. The van der Waals surface area contributed by atoms with Gasteiger partial charge in [-0.2, -0.15) is 5.10 Å². The standard InChI is InChI=1S/C21H17ClN2OS/c1-14-4-6-16(7-5-14)21(25)24-19(15-8-10-17(22)11-9-15)13-18(23-24)20-3-2-12-26-20/h2-12,19H,13H2,1H3. The number of hydrogen-bond acceptors (Lipinski definition) is 3. The van der Waals surface area contributed by atoms with E-state index in [2.05, 4.69) is 5.10 Å². The van der Waals surface area contributed by atoms with Crippen LogP contribution in [0.5, 0.6) is 0 Å². The minimum absolute atomic E-state index is 0.0866. The van der Waals surface area contributed by atoms with Crippen molar-refractivity contribution in [1.82, 2.24) is 5.01 Å². The maximum Gasteiger partial charge on any atom is 0.274 e. The van der Waals surface area contributed by atoms with Crippen molar-refractivity contribution in [3.8, 4) is 0 Å². The van der Waals surface area contributed by atoms with Crippen LogP contribution in [0.3, 0.4) is 0 Å². The summed E-state index contributed by atoms with van der Waals surface area (Å²) in [7, 11) is 0. The number of aryl methyl sites for hydroxylation is 1. The van der Waals surface area contributed by atoms with Crippen molar-refractivity contribution < 1.29 is 4.79 Å². The Balaban J connectivity index is 1.71. The molecule has 1 amide bonds. The highest BCUT2D eigenvalue weighted by Crippen LogP contribution is 2.35. The summed E-state index contributed by atoms with van der Waals surface area (Å²) in [6, 6.07) is 19.2. The van der Waals surface area contributed by atoms with E-state index in [0.29, 0.717) is 17.0 Å². The van der Waals surface area contributed by atoms with Crippen molar-refractivity contribution in [3.63, 3.8) is 0 Å². The van der Waals surface area contributed by atoms with Gasteiger partial charge in [0, 0.05) is 17.0 Å². The SMILES string of the molecule is Cc1ccc(C(=O)N2N=C(c3cccs3)CC2c2ccc(Cl)cc2)cc1. The maximum absolute atomic E-state index is 13.1. The van der Waals surface area contributed by atoms with Crippen LogP contribution >= 0.6 is 22.9 Å². The molecule has 0 bridgehead atoms. The number of nitrogens with zero attached hydrogens (tertiary/aromatic N) is 2. The van der Waals surface area contributed by atoms with Crippen LogP contribution in [0.25, 0.3) is 0 Å². The van der Waals surface area contributed by atoms with Gasteiger partial charge in [-0.1, -0.05) is 47.5 Å². The Labute approximate surface area is 161 Å². The zero-order valence-corrected chi connectivity index (χ0v) is 15.8. The van der Waals surface area contributed by atoms with Crippen molar-refractivity contribution in [2.24, 2.45) is 5.10 Å². The average Bonchev–Trinajstić information content (AvgIpc) is 3.32. The van der Waals surface area contributed by atoms with Gasteiger partial charge in [-0.05, 0) is 48.2 Å². The molecule has 2 aromatic carbocycles. The summed E-state index contributed by atoms with van der Waals surface area (Å²) in [6.07, 6.45) is 0.694. The smallest absolute Gasteiger partial charge is 0.267 e. The van der Waals surface area contributed by atoms with Crippen molar-refractivity contribution >= 4 is 34.6 Å². The van der Waals surface area contributed by atoms with Gasteiger partial charge in [-0.3, -0.25) is 4.79 Å². The van der Waals surface area contributed by atoms with Crippen molar-refractivity contribution in [3.05, 3.63) is 92.6 Å². The molecule has 3 aromatic rings. The number of hydrogen-bond donors (Lipinski definition) is 0.